The molecule has 2 N–H and O–H groups in total. The third-order valence-corrected chi connectivity index (χ3v) is 4.59. The molecule has 0 aliphatic carbocycles. The van der Waals surface area contributed by atoms with E-state index in [0.717, 1.165) is 22.4 Å². The Hall–Kier alpha value is -1.93. The van der Waals surface area contributed by atoms with Crippen molar-refractivity contribution >= 4 is 17.2 Å². The van der Waals surface area contributed by atoms with Crippen molar-refractivity contribution < 1.29 is 4.74 Å². The molecule has 0 aliphatic heterocycles. The molecule has 8 heteroatoms. The van der Waals surface area contributed by atoms with Crippen LogP contribution in [0.4, 0.5) is 5.82 Å². The van der Waals surface area contributed by atoms with E-state index in [1.807, 2.05) is 19.2 Å². The molecule has 132 valence electrons. The van der Waals surface area contributed by atoms with Crippen molar-refractivity contribution in [2.75, 3.05) is 19.5 Å². The van der Waals surface area contributed by atoms with E-state index in [4.69, 9.17) is 10.5 Å². The fraction of sp³-hybridized carbons (Fsp3) is 0.562. The van der Waals surface area contributed by atoms with Crippen molar-refractivity contribution in [2.24, 2.45) is 13.0 Å². The third kappa shape index (κ3) is 3.76. The monoisotopic (exact) mass is 352 g/mol. The van der Waals surface area contributed by atoms with E-state index in [-0.39, 0.29) is 11.7 Å². The minimum atomic E-state index is -0.411. The molecule has 0 unspecified atom stereocenters. The van der Waals surface area contributed by atoms with Crippen molar-refractivity contribution in [3.63, 3.8) is 0 Å². The highest BCUT2D eigenvalue weighted by Gasteiger charge is 2.19. The largest absolute Gasteiger partial charge is 0.385 e. The molecule has 0 bridgehead atoms. The number of anilines is 1. The number of thiazole rings is 1. The fourth-order valence-electron chi connectivity index (χ4n) is 2.47. The molecule has 2 aromatic rings. The van der Waals surface area contributed by atoms with Crippen molar-refractivity contribution in [3.05, 3.63) is 31.2 Å². The van der Waals surface area contributed by atoms with Gasteiger partial charge in [0.25, 0.3) is 5.56 Å². The van der Waals surface area contributed by atoms with Gasteiger partial charge in [-0.2, -0.15) is 0 Å². The maximum absolute atomic E-state index is 12.5. The molecule has 2 aromatic heterocycles. The average molecular weight is 352 g/mol. The van der Waals surface area contributed by atoms with Crippen molar-refractivity contribution in [1.29, 1.82) is 0 Å². The second-order valence-electron chi connectivity index (χ2n) is 6.13. The van der Waals surface area contributed by atoms with Gasteiger partial charge in [-0.05, 0) is 12.3 Å². The maximum atomic E-state index is 12.5. The first-order chi connectivity index (χ1) is 11.4. The lowest BCUT2D eigenvalue weighted by molar-refractivity contribution is 0.195. The van der Waals surface area contributed by atoms with Crippen LogP contribution in [-0.4, -0.2) is 27.8 Å². The summed E-state index contributed by atoms with van der Waals surface area (Å²) in [5.74, 6) is 0.418. The van der Waals surface area contributed by atoms with Gasteiger partial charge in [-0.3, -0.25) is 13.9 Å². The third-order valence-electron chi connectivity index (χ3n) is 3.68. The molecule has 2 heterocycles. The second kappa shape index (κ2) is 7.76. The zero-order chi connectivity index (χ0) is 17.9. The van der Waals surface area contributed by atoms with Gasteiger partial charge in [0.15, 0.2) is 0 Å². The molecule has 0 aliphatic rings. The van der Waals surface area contributed by atoms with E-state index in [9.17, 15) is 9.59 Å². The molecule has 0 fully saturated rings. The zero-order valence-electron chi connectivity index (χ0n) is 14.5. The average Bonchev–Trinajstić information content (AvgIpc) is 2.98. The van der Waals surface area contributed by atoms with Crippen LogP contribution < -0.4 is 17.0 Å². The lowest BCUT2D eigenvalue weighted by Gasteiger charge is -2.15. The summed E-state index contributed by atoms with van der Waals surface area (Å²) in [6.07, 6.45) is 1.65. The Morgan fingerprint density at radius 3 is 2.71 bits per heavy atom. The molecular weight excluding hydrogens is 328 g/mol. The van der Waals surface area contributed by atoms with Gasteiger partial charge in [-0.25, -0.2) is 9.78 Å². The molecule has 7 nitrogen and oxygen atoms in total. The van der Waals surface area contributed by atoms with Crippen LogP contribution >= 0.6 is 11.3 Å². The predicted octanol–water partition coefficient (Wildman–Crippen LogP) is 1.49. The Morgan fingerprint density at radius 2 is 2.08 bits per heavy atom. The lowest BCUT2D eigenvalue weighted by Crippen LogP contribution is -2.41. The molecule has 24 heavy (non-hydrogen) atoms. The van der Waals surface area contributed by atoms with E-state index >= 15 is 0 Å². The quantitative estimate of drug-likeness (QED) is 0.762. The smallest absolute Gasteiger partial charge is 0.332 e. The van der Waals surface area contributed by atoms with E-state index < -0.39 is 11.2 Å². The number of hydrogen-bond donors (Lipinski definition) is 1. The Balaban J connectivity index is 2.48. The van der Waals surface area contributed by atoms with E-state index in [2.05, 4.69) is 4.98 Å². The van der Waals surface area contributed by atoms with Gasteiger partial charge in [0.2, 0.25) is 0 Å². The highest BCUT2D eigenvalue weighted by molar-refractivity contribution is 7.09. The number of aromatic nitrogens is 3. The van der Waals surface area contributed by atoms with Crippen LogP contribution in [0.3, 0.4) is 0 Å². The second-order valence-corrected chi connectivity index (χ2v) is 7.08. The first-order valence-electron chi connectivity index (χ1n) is 7.89. The van der Waals surface area contributed by atoms with Crippen LogP contribution in [0, 0.1) is 5.92 Å². The summed E-state index contributed by atoms with van der Waals surface area (Å²) in [6, 6.07) is 0. The first-order valence-corrected chi connectivity index (χ1v) is 8.77. The first kappa shape index (κ1) is 18.4. The topological polar surface area (TPSA) is 92.1 Å². The Kier molecular flexibility index (Phi) is 5.95. The van der Waals surface area contributed by atoms with Crippen molar-refractivity contribution in [3.8, 4) is 11.3 Å². The molecule has 0 aromatic carbocycles. The molecule has 0 saturated heterocycles. The summed E-state index contributed by atoms with van der Waals surface area (Å²) < 4.78 is 7.59. The maximum Gasteiger partial charge on any atom is 0.332 e. The number of nitrogen functional groups attached to an aromatic ring is 1. The summed E-state index contributed by atoms with van der Waals surface area (Å²) in [6.45, 7) is 5.11. The van der Waals surface area contributed by atoms with Gasteiger partial charge in [0.1, 0.15) is 11.4 Å². The Bertz CT molecular complexity index is 820. The normalized spacial score (nSPS) is 11.4. The van der Waals surface area contributed by atoms with Gasteiger partial charge in [-0.1, -0.05) is 13.8 Å². The van der Waals surface area contributed by atoms with Crippen LogP contribution in [-0.2, 0) is 24.8 Å². The van der Waals surface area contributed by atoms with Crippen molar-refractivity contribution in [2.45, 2.75) is 33.2 Å². The van der Waals surface area contributed by atoms with Crippen LogP contribution in [0.2, 0.25) is 0 Å². The van der Waals surface area contributed by atoms with E-state index in [1.54, 1.807) is 7.11 Å². The summed E-state index contributed by atoms with van der Waals surface area (Å²) >= 11 is 1.48. The Labute approximate surface area is 144 Å². The number of hydrogen-bond acceptors (Lipinski definition) is 6. The number of rotatable bonds is 7. The number of ether oxygens (including phenoxy) is 1. The molecule has 0 radical (unpaired) electrons. The number of nitrogens with zero attached hydrogens (tertiary/aromatic N) is 3. The van der Waals surface area contributed by atoms with Gasteiger partial charge in [-0.15, -0.1) is 11.3 Å². The summed E-state index contributed by atoms with van der Waals surface area (Å²) in [4.78, 5) is 29.4. The van der Waals surface area contributed by atoms with Gasteiger partial charge >= 0.3 is 5.69 Å². The summed E-state index contributed by atoms with van der Waals surface area (Å²) in [5, 5.41) is 2.74. The van der Waals surface area contributed by atoms with Crippen LogP contribution in [0.5, 0.6) is 0 Å². The SMILES string of the molecule is COCCCc1nc(-c2c(N)n(CC(C)C)c(=O)n(C)c2=O)cs1. The highest BCUT2D eigenvalue weighted by Crippen LogP contribution is 2.24. The predicted molar refractivity (Wildman–Crippen MR) is 96.5 cm³/mol. The molecular formula is C16H24N4O3S. The standard InChI is InChI=1S/C16H24N4O3S/c1-10(2)8-20-14(17)13(15(21)19(3)16(20)22)11-9-24-12(18-11)6-5-7-23-4/h9-10H,5-8,17H2,1-4H3. The molecule has 0 spiro atoms. The van der Waals surface area contributed by atoms with Gasteiger partial charge in [0.05, 0.1) is 10.7 Å². The number of methoxy groups -OCH3 is 1. The molecule has 0 saturated carbocycles. The summed E-state index contributed by atoms with van der Waals surface area (Å²) in [5.41, 5.74) is 6.18. The van der Waals surface area contributed by atoms with Crippen LogP contribution in [0.1, 0.15) is 25.3 Å². The Morgan fingerprint density at radius 1 is 1.38 bits per heavy atom. The minimum absolute atomic E-state index is 0.186. The molecule has 0 amide bonds. The van der Waals surface area contributed by atoms with Gasteiger partial charge < -0.3 is 10.5 Å². The molecule has 0 atom stereocenters. The van der Waals surface area contributed by atoms with Crippen LogP contribution in [0.25, 0.3) is 11.3 Å². The fourth-order valence-corrected chi connectivity index (χ4v) is 3.31. The van der Waals surface area contributed by atoms with Gasteiger partial charge in [0, 0.05) is 39.1 Å². The lowest BCUT2D eigenvalue weighted by atomic mass is 10.2. The van der Waals surface area contributed by atoms with Crippen molar-refractivity contribution in [1.82, 2.24) is 14.1 Å². The number of aryl methyl sites for hydroxylation is 1. The van der Waals surface area contributed by atoms with Crippen LogP contribution in [0.15, 0.2) is 15.0 Å². The molecule has 2 rings (SSSR count). The highest BCUT2D eigenvalue weighted by atomic mass is 32.1. The summed E-state index contributed by atoms with van der Waals surface area (Å²) in [7, 11) is 3.13. The minimum Gasteiger partial charge on any atom is -0.385 e. The zero-order valence-corrected chi connectivity index (χ0v) is 15.4. The van der Waals surface area contributed by atoms with E-state index in [0.29, 0.717) is 24.4 Å². The number of nitrogens with two attached hydrogens (primary N) is 1. The van der Waals surface area contributed by atoms with E-state index in [1.165, 1.54) is 23.0 Å².